The molecule has 2 rings (SSSR count). The van der Waals surface area contributed by atoms with Crippen molar-refractivity contribution in [3.63, 3.8) is 0 Å². The minimum absolute atomic E-state index is 0.130. The van der Waals surface area contributed by atoms with Crippen LogP contribution in [0.25, 0.3) is 0 Å². The van der Waals surface area contributed by atoms with E-state index in [2.05, 4.69) is 26.8 Å². The van der Waals surface area contributed by atoms with Crippen molar-refractivity contribution < 1.29 is 9.53 Å². The number of ether oxygens (including phenoxy) is 1. The van der Waals surface area contributed by atoms with Crippen LogP contribution in [0.5, 0.6) is 0 Å². The van der Waals surface area contributed by atoms with Gasteiger partial charge in [-0.25, -0.2) is 0 Å². The van der Waals surface area contributed by atoms with Crippen molar-refractivity contribution in [1.29, 1.82) is 0 Å². The highest BCUT2D eigenvalue weighted by atomic mass is 16.5. The van der Waals surface area contributed by atoms with E-state index in [9.17, 15) is 4.79 Å². The van der Waals surface area contributed by atoms with Crippen molar-refractivity contribution >= 4 is 5.78 Å². The van der Waals surface area contributed by atoms with Crippen LogP contribution in [0.1, 0.15) is 52.5 Å². The second kappa shape index (κ2) is 7.23. The molecule has 2 atom stereocenters. The summed E-state index contributed by atoms with van der Waals surface area (Å²) in [5, 5.41) is 0. The Bertz CT molecular complexity index is 528. The molecule has 0 N–H and O–H groups in total. The number of hydrogen-bond acceptors (Lipinski definition) is 2. The van der Waals surface area contributed by atoms with Crippen LogP contribution in [0.4, 0.5) is 0 Å². The van der Waals surface area contributed by atoms with Gasteiger partial charge in [0.1, 0.15) is 6.10 Å². The van der Waals surface area contributed by atoms with E-state index in [-0.39, 0.29) is 17.3 Å². The van der Waals surface area contributed by atoms with Crippen molar-refractivity contribution in [2.45, 2.75) is 59.7 Å². The van der Waals surface area contributed by atoms with Gasteiger partial charge in [-0.05, 0) is 50.0 Å². The zero-order valence-corrected chi connectivity index (χ0v) is 14.3. The first kappa shape index (κ1) is 17.0. The molecule has 0 aliphatic heterocycles. The maximum atomic E-state index is 12.0. The SMILES string of the molecule is CC(=O)C(CC1C(C)=CCCC1(C)C)OCc1ccccc1. The lowest BCUT2D eigenvalue weighted by Crippen LogP contribution is -2.34. The van der Waals surface area contributed by atoms with Gasteiger partial charge in [-0.15, -0.1) is 0 Å². The fourth-order valence-corrected chi connectivity index (χ4v) is 3.45. The molecule has 1 aromatic carbocycles. The molecule has 0 radical (unpaired) electrons. The molecule has 0 saturated heterocycles. The molecule has 0 amide bonds. The van der Waals surface area contributed by atoms with Crippen molar-refractivity contribution in [3.05, 3.63) is 47.5 Å². The summed E-state index contributed by atoms with van der Waals surface area (Å²) in [6, 6.07) is 10.1. The Morgan fingerprint density at radius 1 is 1.32 bits per heavy atom. The molecule has 1 aliphatic carbocycles. The van der Waals surface area contributed by atoms with E-state index in [1.54, 1.807) is 6.92 Å². The molecular formula is C20H28O2. The highest BCUT2D eigenvalue weighted by Gasteiger charge is 2.35. The van der Waals surface area contributed by atoms with Gasteiger partial charge in [-0.1, -0.05) is 55.8 Å². The van der Waals surface area contributed by atoms with E-state index in [4.69, 9.17) is 4.74 Å². The van der Waals surface area contributed by atoms with Crippen LogP contribution in [-0.2, 0) is 16.1 Å². The average Bonchev–Trinajstić information content (AvgIpc) is 2.46. The van der Waals surface area contributed by atoms with Crippen LogP contribution in [0.2, 0.25) is 0 Å². The van der Waals surface area contributed by atoms with Gasteiger partial charge in [0.25, 0.3) is 0 Å². The summed E-state index contributed by atoms with van der Waals surface area (Å²) >= 11 is 0. The minimum Gasteiger partial charge on any atom is -0.366 e. The average molecular weight is 300 g/mol. The Kier molecular flexibility index (Phi) is 5.57. The van der Waals surface area contributed by atoms with Crippen LogP contribution < -0.4 is 0 Å². The number of carbonyl (C=O) groups excluding carboxylic acids is 1. The molecule has 22 heavy (non-hydrogen) atoms. The van der Waals surface area contributed by atoms with Gasteiger partial charge in [-0.3, -0.25) is 4.79 Å². The predicted octanol–water partition coefficient (Wildman–Crippen LogP) is 4.93. The Morgan fingerprint density at radius 3 is 2.59 bits per heavy atom. The quantitative estimate of drug-likeness (QED) is 0.696. The number of allylic oxidation sites excluding steroid dienone is 2. The van der Waals surface area contributed by atoms with Crippen LogP contribution in [0, 0.1) is 11.3 Å². The molecule has 0 fully saturated rings. The molecule has 0 heterocycles. The van der Waals surface area contributed by atoms with E-state index < -0.39 is 0 Å². The first-order chi connectivity index (χ1) is 10.4. The summed E-state index contributed by atoms with van der Waals surface area (Å²) in [6.45, 7) is 8.95. The number of rotatable bonds is 6. The summed E-state index contributed by atoms with van der Waals surface area (Å²) < 4.78 is 5.96. The highest BCUT2D eigenvalue weighted by Crippen LogP contribution is 2.43. The lowest BCUT2D eigenvalue weighted by atomic mass is 9.66. The number of carbonyl (C=O) groups is 1. The molecule has 0 aromatic heterocycles. The lowest BCUT2D eigenvalue weighted by Gasteiger charge is -2.40. The van der Waals surface area contributed by atoms with Gasteiger partial charge in [0, 0.05) is 0 Å². The third-order valence-corrected chi connectivity index (χ3v) is 4.95. The molecule has 0 bridgehead atoms. The van der Waals surface area contributed by atoms with Crippen LogP contribution >= 0.6 is 0 Å². The Hall–Kier alpha value is -1.41. The Morgan fingerprint density at radius 2 is 2.00 bits per heavy atom. The van der Waals surface area contributed by atoms with Gasteiger partial charge in [0.2, 0.25) is 0 Å². The molecule has 2 heteroatoms. The largest absolute Gasteiger partial charge is 0.366 e. The van der Waals surface area contributed by atoms with Gasteiger partial charge < -0.3 is 4.74 Å². The normalized spacial score (nSPS) is 22.0. The molecule has 1 aromatic rings. The topological polar surface area (TPSA) is 26.3 Å². The predicted molar refractivity (Wildman–Crippen MR) is 90.6 cm³/mol. The molecular weight excluding hydrogens is 272 g/mol. The van der Waals surface area contributed by atoms with Crippen LogP contribution in [0.15, 0.2) is 42.0 Å². The molecule has 2 unspecified atom stereocenters. The van der Waals surface area contributed by atoms with Crippen molar-refractivity contribution in [2.75, 3.05) is 0 Å². The highest BCUT2D eigenvalue weighted by molar-refractivity contribution is 5.80. The van der Waals surface area contributed by atoms with Gasteiger partial charge >= 0.3 is 0 Å². The molecule has 0 saturated carbocycles. The second-order valence-corrected chi connectivity index (χ2v) is 7.16. The molecule has 120 valence electrons. The molecule has 0 spiro atoms. The monoisotopic (exact) mass is 300 g/mol. The minimum atomic E-state index is -0.314. The molecule has 1 aliphatic rings. The summed E-state index contributed by atoms with van der Waals surface area (Å²) in [5.74, 6) is 0.552. The van der Waals surface area contributed by atoms with Crippen molar-refractivity contribution in [1.82, 2.24) is 0 Å². The number of hydrogen-bond donors (Lipinski definition) is 0. The third-order valence-electron chi connectivity index (χ3n) is 4.95. The zero-order valence-electron chi connectivity index (χ0n) is 14.3. The van der Waals surface area contributed by atoms with E-state index in [1.807, 2.05) is 30.3 Å². The van der Waals surface area contributed by atoms with Crippen molar-refractivity contribution in [2.24, 2.45) is 11.3 Å². The summed E-state index contributed by atoms with van der Waals surface area (Å²) in [6.07, 6.45) is 5.12. The van der Waals surface area contributed by atoms with E-state index in [0.29, 0.717) is 12.5 Å². The maximum absolute atomic E-state index is 12.0. The van der Waals surface area contributed by atoms with Gasteiger partial charge in [-0.2, -0.15) is 0 Å². The van der Waals surface area contributed by atoms with Crippen LogP contribution in [-0.4, -0.2) is 11.9 Å². The second-order valence-electron chi connectivity index (χ2n) is 7.16. The Labute approximate surface area is 134 Å². The first-order valence-corrected chi connectivity index (χ1v) is 8.23. The van der Waals surface area contributed by atoms with Crippen molar-refractivity contribution in [3.8, 4) is 0 Å². The summed E-state index contributed by atoms with van der Waals surface area (Å²) in [4.78, 5) is 12.0. The smallest absolute Gasteiger partial charge is 0.158 e. The number of benzene rings is 1. The van der Waals surface area contributed by atoms with E-state index >= 15 is 0 Å². The standard InChI is InChI=1S/C20H28O2/c1-15-9-8-12-20(3,4)18(15)13-19(16(2)21)22-14-17-10-6-5-7-11-17/h5-7,9-11,18-19H,8,12-14H2,1-4H3. The summed E-state index contributed by atoms with van der Waals surface area (Å²) in [7, 11) is 0. The fraction of sp³-hybridized carbons (Fsp3) is 0.550. The molecule has 2 nitrogen and oxygen atoms in total. The number of ketones is 1. The first-order valence-electron chi connectivity index (χ1n) is 8.23. The third kappa shape index (κ3) is 4.30. The van der Waals surface area contributed by atoms with Crippen LogP contribution in [0.3, 0.4) is 0 Å². The zero-order chi connectivity index (χ0) is 16.2. The number of Topliss-reactive ketones (excluding diaryl/α,β-unsaturated/α-hetero) is 1. The van der Waals surface area contributed by atoms with E-state index in [0.717, 1.165) is 18.4 Å². The fourth-order valence-electron chi connectivity index (χ4n) is 3.45. The van der Waals surface area contributed by atoms with Gasteiger partial charge in [0.05, 0.1) is 6.61 Å². The Balaban J connectivity index is 2.04. The maximum Gasteiger partial charge on any atom is 0.158 e. The van der Waals surface area contributed by atoms with E-state index in [1.165, 1.54) is 12.0 Å². The lowest BCUT2D eigenvalue weighted by molar-refractivity contribution is -0.130. The summed E-state index contributed by atoms with van der Waals surface area (Å²) in [5.41, 5.74) is 2.76. The van der Waals surface area contributed by atoms with Gasteiger partial charge in [0.15, 0.2) is 5.78 Å².